The number of methoxy groups -OCH3 is 1. The first-order chi connectivity index (χ1) is 15.5. The van der Waals surface area contributed by atoms with Crippen molar-refractivity contribution in [1.82, 2.24) is 24.7 Å². The van der Waals surface area contributed by atoms with E-state index in [1.54, 1.807) is 38.0 Å². The van der Waals surface area contributed by atoms with Gasteiger partial charge in [-0.3, -0.25) is 0 Å². The molecule has 4 heterocycles. The Hall–Kier alpha value is -3.21. The number of carbonyl (C=O) groups excluding carboxylic acids is 1. The van der Waals surface area contributed by atoms with Crippen molar-refractivity contribution in [2.24, 2.45) is 0 Å². The fourth-order valence-corrected chi connectivity index (χ4v) is 3.68. The van der Waals surface area contributed by atoms with Gasteiger partial charge >= 0.3 is 5.92 Å². The Morgan fingerprint density at radius 2 is 2.00 bits per heavy atom. The number of nitrogens with one attached hydrogen (secondary N) is 1. The van der Waals surface area contributed by atoms with E-state index < -0.39 is 11.7 Å². The first-order valence-corrected chi connectivity index (χ1v) is 10.6. The maximum atomic E-state index is 13.9. The topological polar surface area (TPSA) is 98.1 Å². The minimum atomic E-state index is -3.15. The van der Waals surface area contributed by atoms with Crippen molar-refractivity contribution in [2.45, 2.75) is 45.6 Å². The summed E-state index contributed by atoms with van der Waals surface area (Å²) in [6, 6.07) is 3.48. The zero-order chi connectivity index (χ0) is 24.4. The van der Waals surface area contributed by atoms with Crippen LogP contribution >= 0.6 is 0 Å². The lowest BCUT2D eigenvalue weighted by molar-refractivity contribution is -0.106. The first-order valence-electron chi connectivity index (χ1n) is 10.6. The molecule has 33 heavy (non-hydrogen) atoms. The highest BCUT2D eigenvalue weighted by molar-refractivity contribution is 5.92. The van der Waals surface area contributed by atoms with Crippen LogP contribution in [0, 0.1) is 6.92 Å². The molecule has 1 atom stereocenters. The average Bonchev–Trinajstić information content (AvgIpc) is 3.34. The summed E-state index contributed by atoms with van der Waals surface area (Å²) in [4.78, 5) is 23.4. The lowest BCUT2D eigenvalue weighted by atomic mass is 10.1. The van der Waals surface area contributed by atoms with Crippen LogP contribution in [0.15, 0.2) is 18.3 Å². The molecule has 1 aliphatic rings. The summed E-state index contributed by atoms with van der Waals surface area (Å²) >= 11 is 0. The first kappa shape index (κ1) is 24.4. The van der Waals surface area contributed by atoms with Gasteiger partial charge in [-0.25, -0.2) is 19.6 Å². The summed E-state index contributed by atoms with van der Waals surface area (Å²) in [5.74, 6) is -2.03. The van der Waals surface area contributed by atoms with Crippen LogP contribution in [0.4, 0.5) is 20.4 Å². The van der Waals surface area contributed by atoms with Gasteiger partial charge in [-0.2, -0.15) is 8.78 Å². The number of halogens is 2. The second kappa shape index (κ2) is 9.34. The molecule has 1 N–H and O–H groups in total. The summed E-state index contributed by atoms with van der Waals surface area (Å²) in [5, 5.41) is 8.59. The van der Waals surface area contributed by atoms with Crippen molar-refractivity contribution in [3.8, 4) is 5.82 Å². The Bertz CT molecular complexity index is 1150. The summed E-state index contributed by atoms with van der Waals surface area (Å²) in [6.07, 6.45) is 3.35. The van der Waals surface area contributed by atoms with Crippen molar-refractivity contribution >= 4 is 28.8 Å². The lowest BCUT2D eigenvalue weighted by Gasteiger charge is -2.22. The Morgan fingerprint density at radius 3 is 2.58 bits per heavy atom. The Labute approximate surface area is 191 Å². The molecule has 0 saturated carbocycles. The molecule has 4 rings (SSSR count). The number of aryl methyl sites for hydroxylation is 1. The van der Waals surface area contributed by atoms with Gasteiger partial charge in [0.25, 0.3) is 0 Å². The molecule has 3 aromatic heterocycles. The van der Waals surface area contributed by atoms with E-state index in [9.17, 15) is 8.78 Å². The average molecular weight is 462 g/mol. The van der Waals surface area contributed by atoms with E-state index in [1.165, 1.54) is 6.92 Å². The summed E-state index contributed by atoms with van der Waals surface area (Å²) < 4.78 is 35.1. The molecular weight excluding hydrogens is 432 g/mol. The monoisotopic (exact) mass is 461 g/mol. The van der Waals surface area contributed by atoms with Gasteiger partial charge in [-0.05, 0) is 27.2 Å². The van der Waals surface area contributed by atoms with E-state index in [2.05, 4.69) is 32.1 Å². The molecule has 0 aromatic carbocycles. The van der Waals surface area contributed by atoms with Gasteiger partial charge < -0.3 is 19.7 Å². The van der Waals surface area contributed by atoms with Gasteiger partial charge in [0.2, 0.25) is 5.82 Å². The number of aromatic nitrogens is 5. The Morgan fingerprint density at radius 1 is 1.30 bits per heavy atom. The number of aldehydes is 1. The quantitative estimate of drug-likeness (QED) is 0.577. The molecule has 1 aliphatic heterocycles. The fraction of sp³-hybridized carbons (Fsp3) is 0.500. The van der Waals surface area contributed by atoms with Crippen LogP contribution < -0.4 is 10.2 Å². The van der Waals surface area contributed by atoms with E-state index >= 15 is 0 Å². The van der Waals surface area contributed by atoms with Crippen molar-refractivity contribution in [2.75, 3.05) is 37.5 Å². The minimum Gasteiger partial charge on any atom is -0.377 e. The van der Waals surface area contributed by atoms with Crippen molar-refractivity contribution < 1.29 is 18.3 Å². The molecular formula is C22H29F2N7O2. The highest BCUT2D eigenvalue weighted by Gasteiger charge is 2.36. The zero-order valence-electron chi connectivity index (χ0n) is 19.7. The molecule has 1 saturated heterocycles. The smallest absolute Gasteiger partial charge is 0.303 e. The summed E-state index contributed by atoms with van der Waals surface area (Å²) in [5.41, 5.74) is 0.897. The third-order valence-corrected chi connectivity index (χ3v) is 5.48. The second-order valence-electron chi connectivity index (χ2n) is 8.21. The van der Waals surface area contributed by atoms with E-state index in [1.807, 2.05) is 6.07 Å². The second-order valence-corrected chi connectivity index (χ2v) is 8.21. The van der Waals surface area contributed by atoms with E-state index in [0.717, 1.165) is 42.9 Å². The van der Waals surface area contributed by atoms with Gasteiger partial charge in [0, 0.05) is 58.2 Å². The van der Waals surface area contributed by atoms with Crippen LogP contribution in [-0.2, 0) is 15.5 Å². The Kier molecular flexibility index (Phi) is 6.92. The maximum absolute atomic E-state index is 13.9. The number of fused-ring (bicyclic) bond motifs is 1. The number of ether oxygens (including phenoxy) is 1. The normalized spacial score (nSPS) is 18.2. The molecule has 0 aliphatic carbocycles. The predicted molar refractivity (Wildman–Crippen MR) is 122 cm³/mol. The van der Waals surface area contributed by atoms with E-state index in [-0.39, 0.29) is 11.4 Å². The van der Waals surface area contributed by atoms with Crippen molar-refractivity contribution in [3.05, 3.63) is 29.8 Å². The predicted octanol–water partition coefficient (Wildman–Crippen LogP) is 3.49. The van der Waals surface area contributed by atoms with Crippen LogP contribution in [0.2, 0.25) is 0 Å². The number of rotatable bonds is 5. The molecule has 0 bridgehead atoms. The number of carbonyl (C=O) groups is 1. The maximum Gasteiger partial charge on any atom is 0.303 e. The molecule has 178 valence electrons. The third-order valence-electron chi connectivity index (χ3n) is 5.48. The van der Waals surface area contributed by atoms with Crippen LogP contribution in [0.3, 0.4) is 0 Å². The van der Waals surface area contributed by atoms with Crippen LogP contribution in [0.5, 0.6) is 0 Å². The van der Waals surface area contributed by atoms with Gasteiger partial charge in [0.1, 0.15) is 12.1 Å². The summed E-state index contributed by atoms with van der Waals surface area (Å²) in [6.45, 7) is 7.40. The molecule has 0 amide bonds. The summed E-state index contributed by atoms with van der Waals surface area (Å²) in [7, 11) is 3.47. The number of hydrogen-bond donors (Lipinski definition) is 1. The Balaban J connectivity index is 0.000000968. The SMILES string of the molecule is CC=O.CNc1cc2c(cn1)c(N1CCC(C)(OC)C1)nn2-c1cc(C)nc(C(C)(F)F)n1. The van der Waals surface area contributed by atoms with Crippen molar-refractivity contribution in [1.29, 1.82) is 0 Å². The molecule has 3 aromatic rings. The van der Waals surface area contributed by atoms with E-state index in [4.69, 9.17) is 14.6 Å². The number of nitrogens with zero attached hydrogens (tertiary/aromatic N) is 6. The van der Waals surface area contributed by atoms with Gasteiger partial charge in [-0.1, -0.05) is 0 Å². The number of alkyl halides is 2. The molecule has 11 heteroatoms. The molecule has 0 spiro atoms. The number of anilines is 2. The standard InChI is InChI=1S/C20H25F2N7O.C2H4O/c1-12-8-16(26-18(25-12)20(3,21)22)29-14-9-15(23-4)24-10-13(14)17(27-29)28-7-6-19(2,11-28)30-5;1-2-3/h8-10H,6-7,11H2,1-5H3,(H,23,24);2H,1H3. The van der Waals surface area contributed by atoms with Gasteiger partial charge in [0.05, 0.1) is 16.5 Å². The third kappa shape index (κ3) is 5.08. The van der Waals surface area contributed by atoms with Gasteiger partial charge in [0.15, 0.2) is 11.6 Å². The van der Waals surface area contributed by atoms with Gasteiger partial charge in [-0.15, -0.1) is 5.10 Å². The fourth-order valence-electron chi connectivity index (χ4n) is 3.68. The van der Waals surface area contributed by atoms with Crippen molar-refractivity contribution in [3.63, 3.8) is 0 Å². The number of pyridine rings is 1. The van der Waals surface area contributed by atoms with Crippen LogP contribution in [-0.4, -0.2) is 63.9 Å². The highest BCUT2D eigenvalue weighted by atomic mass is 19.3. The molecule has 0 radical (unpaired) electrons. The van der Waals surface area contributed by atoms with Crippen LogP contribution in [0.1, 0.15) is 38.7 Å². The molecule has 1 fully saturated rings. The lowest BCUT2D eigenvalue weighted by Crippen LogP contribution is -2.32. The largest absolute Gasteiger partial charge is 0.377 e. The minimum absolute atomic E-state index is 0.266. The zero-order valence-corrected chi connectivity index (χ0v) is 19.7. The molecule has 9 nitrogen and oxygen atoms in total. The number of hydrogen-bond acceptors (Lipinski definition) is 8. The van der Waals surface area contributed by atoms with Crippen LogP contribution in [0.25, 0.3) is 16.7 Å². The molecule has 1 unspecified atom stereocenters. The van der Waals surface area contributed by atoms with E-state index in [0.29, 0.717) is 18.1 Å². The highest BCUT2D eigenvalue weighted by Crippen LogP contribution is 2.35.